The van der Waals surface area contributed by atoms with Crippen LogP contribution in [-0.4, -0.2) is 68.4 Å². The van der Waals surface area contributed by atoms with E-state index in [1.165, 1.54) is 7.11 Å². The molecule has 8 heteroatoms. The molecule has 1 atom stereocenters. The maximum absolute atomic E-state index is 12.6. The van der Waals surface area contributed by atoms with Crippen molar-refractivity contribution in [3.05, 3.63) is 60.7 Å². The molecule has 1 saturated heterocycles. The van der Waals surface area contributed by atoms with Crippen LogP contribution < -0.4 is 15.7 Å². The average Bonchev–Trinajstić information content (AvgIpc) is 2.76. The zero-order chi connectivity index (χ0) is 23.4. The summed E-state index contributed by atoms with van der Waals surface area (Å²) < 4.78 is 11.9. The van der Waals surface area contributed by atoms with E-state index >= 15 is 0 Å². The Bertz CT molecular complexity index is 875. The molecular formula is C24H32N2O4SSi. The van der Waals surface area contributed by atoms with Gasteiger partial charge >= 0.3 is 5.97 Å². The summed E-state index contributed by atoms with van der Waals surface area (Å²) in [5, 5.41) is 15.1. The second-order valence-electron chi connectivity index (χ2n) is 9.06. The number of aliphatic hydroxyl groups is 1. The number of aliphatic hydroxyl groups excluding tert-OH is 1. The Labute approximate surface area is 196 Å². The van der Waals surface area contributed by atoms with E-state index in [4.69, 9.17) is 21.4 Å². The van der Waals surface area contributed by atoms with Gasteiger partial charge in [-0.25, -0.2) is 4.79 Å². The number of methoxy groups -OCH3 is 1. The minimum absolute atomic E-state index is 0.108. The van der Waals surface area contributed by atoms with E-state index in [9.17, 15) is 9.90 Å². The molecule has 0 radical (unpaired) electrons. The number of thiocarbonyl (C=S) groups is 1. The van der Waals surface area contributed by atoms with Gasteiger partial charge in [0.15, 0.2) is 5.11 Å². The highest BCUT2D eigenvalue weighted by Gasteiger charge is 2.50. The Morgan fingerprint density at radius 2 is 1.62 bits per heavy atom. The maximum Gasteiger partial charge on any atom is 0.330 e. The second-order valence-corrected chi connectivity index (χ2v) is 13.8. The van der Waals surface area contributed by atoms with Gasteiger partial charge in [-0.15, -0.1) is 0 Å². The topological polar surface area (TPSA) is 71.0 Å². The van der Waals surface area contributed by atoms with Crippen molar-refractivity contribution in [1.82, 2.24) is 10.2 Å². The molecule has 1 aliphatic rings. The van der Waals surface area contributed by atoms with E-state index in [1.807, 2.05) is 41.3 Å². The van der Waals surface area contributed by atoms with Crippen LogP contribution in [0.2, 0.25) is 5.04 Å². The van der Waals surface area contributed by atoms with Crippen LogP contribution in [0.3, 0.4) is 0 Å². The Morgan fingerprint density at radius 3 is 2.03 bits per heavy atom. The highest BCUT2D eigenvalue weighted by atomic mass is 32.1. The van der Waals surface area contributed by atoms with Crippen LogP contribution in [0, 0.1) is 0 Å². The highest BCUT2D eigenvalue weighted by molar-refractivity contribution is 7.80. The number of esters is 1. The van der Waals surface area contributed by atoms with E-state index in [0.29, 0.717) is 18.2 Å². The van der Waals surface area contributed by atoms with Crippen molar-refractivity contribution in [2.24, 2.45) is 0 Å². The van der Waals surface area contributed by atoms with Gasteiger partial charge in [-0.3, -0.25) is 0 Å². The molecule has 1 unspecified atom stereocenters. The van der Waals surface area contributed by atoms with Crippen LogP contribution in [-0.2, 0) is 14.0 Å². The summed E-state index contributed by atoms with van der Waals surface area (Å²) in [4.78, 5) is 14.4. The Balaban J connectivity index is 1.94. The third-order valence-corrected chi connectivity index (χ3v) is 11.2. The normalized spacial score (nSPS) is 15.6. The minimum Gasteiger partial charge on any atom is -0.467 e. The molecular weight excluding hydrogens is 440 g/mol. The lowest BCUT2D eigenvalue weighted by Crippen LogP contribution is -2.68. The van der Waals surface area contributed by atoms with Crippen LogP contribution in [0.5, 0.6) is 0 Å². The van der Waals surface area contributed by atoms with Crippen LogP contribution in [0.15, 0.2) is 60.7 Å². The quantitative estimate of drug-likeness (QED) is 0.361. The van der Waals surface area contributed by atoms with E-state index in [0.717, 1.165) is 10.4 Å². The molecule has 172 valence electrons. The monoisotopic (exact) mass is 472 g/mol. The largest absolute Gasteiger partial charge is 0.467 e. The number of nitrogens with one attached hydrogen (secondary N) is 1. The third kappa shape index (κ3) is 5.04. The molecule has 2 N–H and O–H groups in total. The second kappa shape index (κ2) is 10.1. The number of hydrogen-bond donors (Lipinski definition) is 2. The van der Waals surface area contributed by atoms with Gasteiger partial charge < -0.3 is 24.5 Å². The van der Waals surface area contributed by atoms with Gasteiger partial charge in [-0.05, 0) is 27.6 Å². The van der Waals surface area contributed by atoms with Gasteiger partial charge in [0, 0.05) is 13.1 Å². The van der Waals surface area contributed by atoms with Crippen LogP contribution in [0.4, 0.5) is 0 Å². The van der Waals surface area contributed by atoms with Gasteiger partial charge in [0.25, 0.3) is 8.32 Å². The van der Waals surface area contributed by atoms with E-state index in [1.54, 1.807) is 0 Å². The van der Waals surface area contributed by atoms with Gasteiger partial charge in [-0.2, -0.15) is 0 Å². The molecule has 0 spiro atoms. The molecule has 1 fully saturated rings. The van der Waals surface area contributed by atoms with Crippen LogP contribution >= 0.6 is 12.2 Å². The first-order valence-electron chi connectivity index (χ1n) is 10.8. The Morgan fingerprint density at radius 1 is 1.12 bits per heavy atom. The molecule has 0 aliphatic carbocycles. The minimum atomic E-state index is -2.80. The predicted octanol–water partition coefficient (Wildman–Crippen LogP) is 1.66. The number of benzene rings is 2. The molecule has 0 aromatic heterocycles. The first-order valence-corrected chi connectivity index (χ1v) is 13.1. The zero-order valence-electron chi connectivity index (χ0n) is 19.1. The summed E-state index contributed by atoms with van der Waals surface area (Å²) in [6, 6.07) is 19.8. The van der Waals surface area contributed by atoms with Gasteiger partial charge in [0.05, 0.1) is 19.8 Å². The number of carbonyl (C=O) groups is 1. The summed E-state index contributed by atoms with van der Waals surface area (Å²) in [5.41, 5.74) is 0. The van der Waals surface area contributed by atoms with Crippen molar-refractivity contribution in [3.8, 4) is 0 Å². The molecule has 0 saturated carbocycles. The summed E-state index contributed by atoms with van der Waals surface area (Å²) in [6.45, 7) is 7.57. The molecule has 32 heavy (non-hydrogen) atoms. The highest BCUT2D eigenvalue weighted by Crippen LogP contribution is 2.36. The molecule has 0 amide bonds. The average molecular weight is 473 g/mol. The lowest BCUT2D eigenvalue weighted by molar-refractivity contribution is -0.143. The van der Waals surface area contributed by atoms with Crippen molar-refractivity contribution in [2.45, 2.75) is 38.0 Å². The number of β-amino-alcohol motifs (C(OH)–C–C–N with tert-alkyl or cyclic N) is 1. The zero-order valence-corrected chi connectivity index (χ0v) is 20.9. The number of hydrogen-bond acceptors (Lipinski definition) is 5. The first kappa shape index (κ1) is 24.4. The van der Waals surface area contributed by atoms with Crippen LogP contribution in [0.25, 0.3) is 0 Å². The van der Waals surface area contributed by atoms with E-state index < -0.39 is 20.3 Å². The van der Waals surface area contributed by atoms with Crippen molar-refractivity contribution >= 4 is 42.0 Å². The standard InChI is InChI=1S/C24H32N2O4SSi/c1-24(2,3)32(19-11-7-5-8-12-19,20-13-9-6-10-14-20)30-17-21(22(28)29-4)25-23(31)26-15-18(27)16-26/h5-14,18,21,27H,15-17H2,1-4H3,(H,25,31). The summed E-state index contributed by atoms with van der Waals surface area (Å²) in [5.74, 6) is -0.439. The number of nitrogens with zero attached hydrogens (tertiary/aromatic N) is 1. The molecule has 3 rings (SSSR count). The molecule has 1 heterocycles. The summed E-state index contributed by atoms with van der Waals surface area (Å²) >= 11 is 5.44. The summed E-state index contributed by atoms with van der Waals surface area (Å²) in [7, 11) is -1.44. The molecule has 0 bridgehead atoms. The van der Waals surface area contributed by atoms with Crippen LogP contribution in [0.1, 0.15) is 20.8 Å². The van der Waals surface area contributed by atoms with E-state index in [-0.39, 0.29) is 17.7 Å². The number of rotatable bonds is 7. The smallest absolute Gasteiger partial charge is 0.330 e. The maximum atomic E-state index is 12.6. The fourth-order valence-corrected chi connectivity index (χ4v) is 9.01. The number of carbonyl (C=O) groups excluding carboxylic acids is 1. The van der Waals surface area contributed by atoms with Crippen molar-refractivity contribution in [3.63, 3.8) is 0 Å². The SMILES string of the molecule is COC(=O)C(CO[Si](c1ccccc1)(c1ccccc1)C(C)(C)C)NC(=S)N1CC(O)C1. The fourth-order valence-electron chi connectivity index (χ4n) is 4.14. The molecule has 6 nitrogen and oxygen atoms in total. The van der Waals surface area contributed by atoms with E-state index in [2.05, 4.69) is 50.4 Å². The molecule has 2 aromatic rings. The Hall–Kier alpha value is -2.26. The third-order valence-electron chi connectivity index (χ3n) is 5.82. The predicted molar refractivity (Wildman–Crippen MR) is 133 cm³/mol. The number of likely N-dealkylation sites (tertiary alicyclic amines) is 1. The number of ether oxygens (including phenoxy) is 1. The van der Waals surface area contributed by atoms with Crippen molar-refractivity contribution in [1.29, 1.82) is 0 Å². The lowest BCUT2D eigenvalue weighted by Gasteiger charge is -2.44. The lowest BCUT2D eigenvalue weighted by atomic mass is 10.2. The molecule has 2 aromatic carbocycles. The first-order chi connectivity index (χ1) is 15.2. The van der Waals surface area contributed by atoms with Gasteiger partial charge in [0.2, 0.25) is 0 Å². The van der Waals surface area contributed by atoms with Crippen molar-refractivity contribution < 1.29 is 19.1 Å². The fraction of sp³-hybridized carbons (Fsp3) is 0.417. The van der Waals surface area contributed by atoms with Crippen molar-refractivity contribution in [2.75, 3.05) is 26.8 Å². The molecule has 1 aliphatic heterocycles. The van der Waals surface area contributed by atoms with Gasteiger partial charge in [0.1, 0.15) is 6.04 Å². The van der Waals surface area contributed by atoms with Gasteiger partial charge in [-0.1, -0.05) is 81.4 Å². The summed E-state index contributed by atoms with van der Waals surface area (Å²) in [6.07, 6.45) is -0.389. The Kier molecular flexibility index (Phi) is 7.71.